The maximum Gasteiger partial charge on any atom is 0.306 e. The summed E-state index contributed by atoms with van der Waals surface area (Å²) in [6.07, 6.45) is 1.10. The topological polar surface area (TPSA) is 37.3 Å². The lowest BCUT2D eigenvalue weighted by Gasteiger charge is -2.02. The Bertz CT molecular complexity index is 406. The number of carboxylic acid groups (broad SMARTS) is 1. The monoisotopic (exact) mass is 228 g/mol. The molecule has 1 aromatic carbocycles. The lowest BCUT2D eigenvalue weighted by Crippen LogP contribution is -2.02. The zero-order valence-electron chi connectivity index (χ0n) is 7.91. The highest BCUT2D eigenvalue weighted by atomic mass is 35.5. The van der Waals surface area contributed by atoms with E-state index < -0.39 is 5.97 Å². The minimum atomic E-state index is -0.789. The first-order valence-corrected chi connectivity index (χ1v) is 5.12. The van der Waals surface area contributed by atoms with Gasteiger partial charge in [0.25, 0.3) is 0 Å². The molecule has 0 aliphatic heterocycles. The molecule has 1 fully saturated rings. The van der Waals surface area contributed by atoms with Gasteiger partial charge in [-0.25, -0.2) is 4.39 Å². The third-order valence-electron chi connectivity index (χ3n) is 2.73. The summed E-state index contributed by atoms with van der Waals surface area (Å²) in [6.45, 7) is 0. The molecule has 2 nitrogen and oxygen atoms in total. The number of hydrogen-bond acceptors (Lipinski definition) is 1. The Hall–Kier alpha value is -1.09. The van der Waals surface area contributed by atoms with Gasteiger partial charge >= 0.3 is 5.97 Å². The van der Waals surface area contributed by atoms with Crippen LogP contribution in [0.15, 0.2) is 18.2 Å². The van der Waals surface area contributed by atoms with Crippen molar-refractivity contribution >= 4 is 17.6 Å². The molecular formula is C11H10ClFO2. The fourth-order valence-electron chi connectivity index (χ4n) is 1.76. The van der Waals surface area contributed by atoms with E-state index in [9.17, 15) is 9.18 Å². The van der Waals surface area contributed by atoms with E-state index in [1.54, 1.807) is 6.07 Å². The summed E-state index contributed by atoms with van der Waals surface area (Å²) in [5.41, 5.74) is 0.510. The summed E-state index contributed by atoms with van der Waals surface area (Å²) < 4.78 is 13.3. The van der Waals surface area contributed by atoms with E-state index >= 15 is 0 Å². The molecule has 2 unspecified atom stereocenters. The maximum atomic E-state index is 13.3. The number of halogens is 2. The van der Waals surface area contributed by atoms with Crippen molar-refractivity contribution in [2.75, 3.05) is 0 Å². The van der Waals surface area contributed by atoms with Crippen LogP contribution >= 0.6 is 11.6 Å². The highest BCUT2D eigenvalue weighted by Crippen LogP contribution is 2.41. The average Bonchev–Trinajstić information content (AvgIpc) is 2.91. The Labute approximate surface area is 91.7 Å². The molecule has 80 valence electrons. The summed E-state index contributed by atoms with van der Waals surface area (Å²) in [5, 5.41) is 9.19. The second-order valence-corrected chi connectivity index (χ2v) is 4.32. The highest BCUT2D eigenvalue weighted by molar-refractivity contribution is 6.30. The normalized spacial score (nSPS) is 23.9. The Kier molecular flexibility index (Phi) is 2.65. The average molecular weight is 229 g/mol. The fourth-order valence-corrected chi connectivity index (χ4v) is 1.95. The third kappa shape index (κ3) is 2.29. The van der Waals surface area contributed by atoms with Gasteiger partial charge < -0.3 is 5.11 Å². The van der Waals surface area contributed by atoms with Gasteiger partial charge in [-0.2, -0.15) is 0 Å². The van der Waals surface area contributed by atoms with Crippen molar-refractivity contribution in [1.82, 2.24) is 0 Å². The minimum Gasteiger partial charge on any atom is -0.481 e. The standard InChI is InChI=1S/C11H10ClFO2/c12-8-1-2-10(13)7(4-8)3-6-5-9(6)11(14)15/h1-2,4,6,9H,3,5H2,(H,14,15). The second kappa shape index (κ2) is 3.81. The van der Waals surface area contributed by atoms with E-state index in [0.717, 1.165) is 0 Å². The number of rotatable bonds is 3. The summed E-state index contributed by atoms with van der Waals surface area (Å²) >= 11 is 5.74. The van der Waals surface area contributed by atoms with Gasteiger partial charge in [0.1, 0.15) is 5.82 Å². The zero-order valence-corrected chi connectivity index (χ0v) is 8.67. The lowest BCUT2D eigenvalue weighted by molar-refractivity contribution is -0.138. The van der Waals surface area contributed by atoms with Crippen molar-refractivity contribution < 1.29 is 14.3 Å². The molecule has 1 aliphatic rings. The van der Waals surface area contributed by atoms with E-state index in [1.165, 1.54) is 12.1 Å². The van der Waals surface area contributed by atoms with Crippen LogP contribution in [0.25, 0.3) is 0 Å². The van der Waals surface area contributed by atoms with Crippen LogP contribution in [-0.2, 0) is 11.2 Å². The van der Waals surface area contributed by atoms with E-state index in [2.05, 4.69) is 0 Å². The summed E-state index contributed by atoms with van der Waals surface area (Å²) in [4.78, 5) is 10.6. The number of hydrogen-bond donors (Lipinski definition) is 1. The van der Waals surface area contributed by atoms with Gasteiger partial charge in [0.2, 0.25) is 0 Å². The Morgan fingerprint density at radius 2 is 2.33 bits per heavy atom. The Morgan fingerprint density at radius 1 is 1.60 bits per heavy atom. The zero-order chi connectivity index (χ0) is 11.0. The largest absolute Gasteiger partial charge is 0.481 e. The molecular weight excluding hydrogens is 219 g/mol. The number of carbonyl (C=O) groups is 1. The SMILES string of the molecule is O=C(O)C1CC1Cc1cc(Cl)ccc1F. The molecule has 0 aromatic heterocycles. The van der Waals surface area contributed by atoms with Crippen LogP contribution in [-0.4, -0.2) is 11.1 Å². The molecule has 1 aromatic rings. The predicted octanol–water partition coefficient (Wildman–Crippen LogP) is 2.74. The molecule has 0 heterocycles. The number of aliphatic carboxylic acids is 1. The van der Waals surface area contributed by atoms with Gasteiger partial charge in [-0.15, -0.1) is 0 Å². The quantitative estimate of drug-likeness (QED) is 0.864. The van der Waals surface area contributed by atoms with Gasteiger partial charge in [0.05, 0.1) is 5.92 Å². The molecule has 0 spiro atoms. The van der Waals surface area contributed by atoms with Crippen LogP contribution in [0.5, 0.6) is 0 Å². The lowest BCUT2D eigenvalue weighted by atomic mass is 10.1. The smallest absolute Gasteiger partial charge is 0.306 e. The van der Waals surface area contributed by atoms with Crippen LogP contribution in [0.2, 0.25) is 5.02 Å². The molecule has 0 amide bonds. The molecule has 1 N–H and O–H groups in total. The number of carboxylic acids is 1. The second-order valence-electron chi connectivity index (χ2n) is 3.88. The molecule has 1 aliphatic carbocycles. The number of benzene rings is 1. The van der Waals surface area contributed by atoms with Crippen molar-refractivity contribution in [3.8, 4) is 0 Å². The van der Waals surface area contributed by atoms with Crippen LogP contribution in [0.3, 0.4) is 0 Å². The maximum absolute atomic E-state index is 13.3. The van der Waals surface area contributed by atoms with E-state index in [-0.39, 0.29) is 17.7 Å². The van der Waals surface area contributed by atoms with Crippen LogP contribution in [0.4, 0.5) is 4.39 Å². The van der Waals surface area contributed by atoms with Crippen LogP contribution in [0, 0.1) is 17.7 Å². The third-order valence-corrected chi connectivity index (χ3v) is 2.96. The van der Waals surface area contributed by atoms with Gasteiger partial charge in [-0.1, -0.05) is 11.6 Å². The highest BCUT2D eigenvalue weighted by Gasteiger charge is 2.43. The first-order valence-electron chi connectivity index (χ1n) is 4.74. The van der Waals surface area contributed by atoms with Crippen molar-refractivity contribution in [1.29, 1.82) is 0 Å². The van der Waals surface area contributed by atoms with E-state index in [4.69, 9.17) is 16.7 Å². The van der Waals surface area contributed by atoms with Gasteiger partial charge in [-0.05, 0) is 42.5 Å². The van der Waals surface area contributed by atoms with Gasteiger partial charge in [0, 0.05) is 5.02 Å². The summed E-state index contributed by atoms with van der Waals surface area (Å²) in [7, 11) is 0. The van der Waals surface area contributed by atoms with Crippen molar-refractivity contribution in [2.24, 2.45) is 11.8 Å². The molecule has 0 radical (unpaired) electrons. The van der Waals surface area contributed by atoms with Crippen LogP contribution < -0.4 is 0 Å². The van der Waals surface area contributed by atoms with Crippen LogP contribution in [0.1, 0.15) is 12.0 Å². The van der Waals surface area contributed by atoms with Gasteiger partial charge in [0.15, 0.2) is 0 Å². The predicted molar refractivity (Wildman–Crippen MR) is 54.3 cm³/mol. The molecule has 15 heavy (non-hydrogen) atoms. The van der Waals surface area contributed by atoms with E-state index in [0.29, 0.717) is 23.4 Å². The summed E-state index contributed by atoms with van der Waals surface area (Å²) in [6, 6.07) is 4.37. The Balaban J connectivity index is 2.06. The summed E-state index contributed by atoms with van der Waals surface area (Å²) in [5.74, 6) is -1.34. The van der Waals surface area contributed by atoms with E-state index in [1.807, 2.05) is 0 Å². The van der Waals surface area contributed by atoms with Gasteiger partial charge in [-0.3, -0.25) is 4.79 Å². The molecule has 4 heteroatoms. The molecule has 2 rings (SSSR count). The molecule has 2 atom stereocenters. The minimum absolute atomic E-state index is 0.0652. The van der Waals surface area contributed by atoms with Crippen molar-refractivity contribution in [2.45, 2.75) is 12.8 Å². The van der Waals surface area contributed by atoms with Crippen molar-refractivity contribution in [3.05, 3.63) is 34.6 Å². The molecule has 0 saturated heterocycles. The first-order chi connectivity index (χ1) is 7.08. The van der Waals surface area contributed by atoms with Crippen molar-refractivity contribution in [3.63, 3.8) is 0 Å². The molecule has 1 saturated carbocycles. The Morgan fingerprint density at radius 3 is 2.93 bits per heavy atom. The fraction of sp³-hybridized carbons (Fsp3) is 0.364. The first kappa shape index (κ1) is 10.4. The molecule has 0 bridgehead atoms.